The number of hydrogen-bond acceptors (Lipinski definition) is 2. The summed E-state index contributed by atoms with van der Waals surface area (Å²) in [6.45, 7) is 3.91. The summed E-state index contributed by atoms with van der Waals surface area (Å²) in [5.74, 6) is 0. The summed E-state index contributed by atoms with van der Waals surface area (Å²) in [5.41, 5.74) is 0. The molecule has 1 aliphatic heterocycles. The Labute approximate surface area is 115 Å². The van der Waals surface area contributed by atoms with Gasteiger partial charge in [-0.25, -0.2) is 0 Å². The molecular formula is C14H27BrO2. The highest BCUT2D eigenvalue weighted by atomic mass is 79.9. The second-order valence-electron chi connectivity index (χ2n) is 4.96. The van der Waals surface area contributed by atoms with Gasteiger partial charge in [0.1, 0.15) is 11.1 Å². The summed E-state index contributed by atoms with van der Waals surface area (Å²) in [6, 6.07) is 0. The zero-order chi connectivity index (χ0) is 12.3. The van der Waals surface area contributed by atoms with Crippen molar-refractivity contribution in [2.75, 3.05) is 13.2 Å². The summed E-state index contributed by atoms with van der Waals surface area (Å²) in [7, 11) is 0. The summed E-state index contributed by atoms with van der Waals surface area (Å²) < 4.78 is 10.7. The number of epoxide rings is 1. The van der Waals surface area contributed by atoms with Crippen LogP contribution in [0.3, 0.4) is 0 Å². The van der Waals surface area contributed by atoms with E-state index in [0.717, 1.165) is 19.6 Å². The van der Waals surface area contributed by atoms with E-state index in [4.69, 9.17) is 9.47 Å². The van der Waals surface area contributed by atoms with E-state index in [1.54, 1.807) is 0 Å². The largest absolute Gasteiger partial charge is 0.371 e. The van der Waals surface area contributed by atoms with Gasteiger partial charge < -0.3 is 9.47 Å². The minimum absolute atomic E-state index is 0.229. The Bertz CT molecular complexity index is 172. The van der Waals surface area contributed by atoms with Gasteiger partial charge in [0.25, 0.3) is 0 Å². The maximum absolute atomic E-state index is 5.62. The molecule has 0 aromatic rings. The molecule has 0 radical (unpaired) electrons. The lowest BCUT2D eigenvalue weighted by Crippen LogP contribution is -2.09. The molecule has 2 nitrogen and oxygen atoms in total. The fourth-order valence-corrected chi connectivity index (χ4v) is 2.37. The first kappa shape index (κ1) is 15.5. The third-order valence-electron chi connectivity index (χ3n) is 3.15. The smallest absolute Gasteiger partial charge is 0.112 e. The maximum Gasteiger partial charge on any atom is 0.112 e. The van der Waals surface area contributed by atoms with Crippen LogP contribution in [0.5, 0.6) is 0 Å². The van der Waals surface area contributed by atoms with E-state index in [2.05, 4.69) is 22.9 Å². The Balaban J connectivity index is 1.73. The highest BCUT2D eigenvalue weighted by Crippen LogP contribution is 2.17. The van der Waals surface area contributed by atoms with Gasteiger partial charge in [-0.1, -0.05) is 67.8 Å². The van der Waals surface area contributed by atoms with Gasteiger partial charge >= 0.3 is 0 Å². The number of alkyl halides is 1. The van der Waals surface area contributed by atoms with E-state index < -0.39 is 0 Å². The molecule has 3 heteroatoms. The molecule has 102 valence electrons. The molecule has 0 saturated carbocycles. The van der Waals surface area contributed by atoms with Crippen molar-refractivity contribution in [1.29, 1.82) is 0 Å². The minimum Gasteiger partial charge on any atom is -0.371 e. The van der Waals surface area contributed by atoms with E-state index in [1.807, 2.05) is 0 Å². The Hall–Kier alpha value is 0.400. The van der Waals surface area contributed by atoms with Gasteiger partial charge in [0.2, 0.25) is 0 Å². The molecule has 1 heterocycles. The second kappa shape index (κ2) is 10.3. The van der Waals surface area contributed by atoms with Crippen molar-refractivity contribution in [2.24, 2.45) is 0 Å². The number of rotatable bonds is 12. The molecule has 1 saturated heterocycles. The van der Waals surface area contributed by atoms with E-state index in [9.17, 15) is 0 Å². The number of halogens is 1. The predicted octanol–water partition coefficient (Wildman–Crippen LogP) is 4.65. The third-order valence-corrected chi connectivity index (χ3v) is 3.87. The lowest BCUT2D eigenvalue weighted by molar-refractivity contribution is 0.0944. The normalized spacial score (nSPS) is 20.5. The van der Waals surface area contributed by atoms with E-state index in [-0.39, 0.29) is 5.01 Å². The molecule has 1 aliphatic rings. The van der Waals surface area contributed by atoms with Gasteiger partial charge in [0.05, 0.1) is 13.2 Å². The van der Waals surface area contributed by atoms with Gasteiger partial charge in [-0.15, -0.1) is 0 Å². The fourth-order valence-electron chi connectivity index (χ4n) is 1.90. The lowest BCUT2D eigenvalue weighted by atomic mass is 10.1. The molecule has 1 fully saturated rings. The van der Waals surface area contributed by atoms with Crippen LogP contribution in [0.4, 0.5) is 0 Å². The summed E-state index contributed by atoms with van der Waals surface area (Å²) in [5, 5.41) is 0.229. The fraction of sp³-hybridized carbons (Fsp3) is 1.00. The van der Waals surface area contributed by atoms with Crippen LogP contribution in [0.2, 0.25) is 0 Å². The number of ether oxygens (including phenoxy) is 2. The van der Waals surface area contributed by atoms with Gasteiger partial charge in [0.15, 0.2) is 0 Å². The van der Waals surface area contributed by atoms with Crippen molar-refractivity contribution in [3.8, 4) is 0 Å². The Kier molecular flexibility index (Phi) is 9.40. The second-order valence-corrected chi connectivity index (χ2v) is 5.98. The Morgan fingerprint density at radius 2 is 1.71 bits per heavy atom. The van der Waals surface area contributed by atoms with Gasteiger partial charge in [-0.3, -0.25) is 0 Å². The molecule has 0 bridgehead atoms. The Morgan fingerprint density at radius 3 is 2.29 bits per heavy atom. The molecule has 17 heavy (non-hydrogen) atoms. The summed E-state index contributed by atoms with van der Waals surface area (Å²) >= 11 is 3.56. The monoisotopic (exact) mass is 306 g/mol. The minimum atomic E-state index is 0.229. The van der Waals surface area contributed by atoms with Gasteiger partial charge in [-0.2, -0.15) is 0 Å². The van der Waals surface area contributed by atoms with Crippen molar-refractivity contribution in [3.63, 3.8) is 0 Å². The average molecular weight is 307 g/mol. The quantitative estimate of drug-likeness (QED) is 0.297. The molecule has 0 aliphatic carbocycles. The van der Waals surface area contributed by atoms with Gasteiger partial charge in [-0.05, 0) is 12.8 Å². The van der Waals surface area contributed by atoms with E-state index in [1.165, 1.54) is 51.4 Å². The molecule has 0 aromatic carbocycles. The zero-order valence-corrected chi connectivity index (χ0v) is 12.7. The summed E-state index contributed by atoms with van der Waals surface area (Å²) in [6.07, 6.45) is 12.5. The van der Waals surface area contributed by atoms with E-state index >= 15 is 0 Å². The first-order chi connectivity index (χ1) is 8.33. The topological polar surface area (TPSA) is 21.8 Å². The van der Waals surface area contributed by atoms with Crippen molar-refractivity contribution in [1.82, 2.24) is 0 Å². The van der Waals surface area contributed by atoms with Crippen LogP contribution < -0.4 is 0 Å². The standard InChI is InChI=1S/C14H27BrO2/c1-2-3-4-5-6-7-8-9-10-14(15)17-12-13-11-16-13/h13-14H,2-12H2,1H3. The number of hydrogen-bond donors (Lipinski definition) is 0. The first-order valence-corrected chi connectivity index (χ1v) is 8.11. The van der Waals surface area contributed by atoms with E-state index in [0.29, 0.717) is 6.10 Å². The maximum atomic E-state index is 5.62. The lowest BCUT2D eigenvalue weighted by Gasteiger charge is -2.10. The molecular weight excluding hydrogens is 280 g/mol. The van der Waals surface area contributed by atoms with Crippen LogP contribution >= 0.6 is 15.9 Å². The molecule has 0 N–H and O–H groups in total. The average Bonchev–Trinajstić information content (AvgIpc) is 3.14. The van der Waals surface area contributed by atoms with Crippen LogP contribution in [0.1, 0.15) is 64.7 Å². The summed E-state index contributed by atoms with van der Waals surface area (Å²) in [4.78, 5) is 0. The molecule has 2 atom stereocenters. The molecule has 1 rings (SSSR count). The van der Waals surface area contributed by atoms with Crippen LogP contribution in [0.25, 0.3) is 0 Å². The predicted molar refractivity (Wildman–Crippen MR) is 75.6 cm³/mol. The van der Waals surface area contributed by atoms with Crippen molar-refractivity contribution in [2.45, 2.75) is 75.8 Å². The highest BCUT2D eigenvalue weighted by molar-refractivity contribution is 9.09. The van der Waals surface area contributed by atoms with Crippen molar-refractivity contribution < 1.29 is 9.47 Å². The van der Waals surface area contributed by atoms with Crippen molar-refractivity contribution >= 4 is 15.9 Å². The molecule has 0 amide bonds. The molecule has 2 unspecified atom stereocenters. The number of unbranched alkanes of at least 4 members (excludes halogenated alkanes) is 7. The van der Waals surface area contributed by atoms with Crippen LogP contribution in [0, 0.1) is 0 Å². The highest BCUT2D eigenvalue weighted by Gasteiger charge is 2.23. The molecule has 0 spiro atoms. The van der Waals surface area contributed by atoms with Crippen LogP contribution in [-0.2, 0) is 9.47 Å². The SMILES string of the molecule is CCCCCCCCCCC(Br)OCC1CO1. The van der Waals surface area contributed by atoms with Gasteiger partial charge in [0, 0.05) is 0 Å². The third kappa shape index (κ3) is 10.0. The Morgan fingerprint density at radius 1 is 1.12 bits per heavy atom. The van der Waals surface area contributed by atoms with Crippen LogP contribution in [-0.4, -0.2) is 24.3 Å². The van der Waals surface area contributed by atoms with Crippen LogP contribution in [0.15, 0.2) is 0 Å². The molecule has 0 aromatic heterocycles. The zero-order valence-electron chi connectivity index (χ0n) is 11.1. The first-order valence-electron chi connectivity index (χ1n) is 7.20. The van der Waals surface area contributed by atoms with Crippen molar-refractivity contribution in [3.05, 3.63) is 0 Å².